The lowest BCUT2D eigenvalue weighted by Crippen LogP contribution is -2.39. The van der Waals surface area contributed by atoms with E-state index >= 15 is 0 Å². The average molecular weight is 456 g/mol. The summed E-state index contributed by atoms with van der Waals surface area (Å²) in [5.74, 6) is 1.16. The van der Waals surface area contributed by atoms with Gasteiger partial charge in [0.15, 0.2) is 21.3 Å². The number of rotatable bonds is 8. The van der Waals surface area contributed by atoms with E-state index < -0.39 is 9.84 Å². The minimum absolute atomic E-state index is 0.0228. The SMILES string of the molecule is CCCCOc1ccc(C=C2SC(=S)N(C3CCS(=O)(=O)C3)C2=O)cc1OCC. The number of hydrogen-bond acceptors (Lipinski definition) is 7. The fourth-order valence-corrected chi connectivity index (χ4v) is 6.35. The summed E-state index contributed by atoms with van der Waals surface area (Å²) in [5.41, 5.74) is 0.802. The average Bonchev–Trinajstić information content (AvgIpc) is 3.15. The van der Waals surface area contributed by atoms with Crippen molar-refractivity contribution in [3.63, 3.8) is 0 Å². The van der Waals surface area contributed by atoms with Crippen LogP contribution in [0.5, 0.6) is 11.5 Å². The molecule has 1 amide bonds. The Hall–Kier alpha value is -1.58. The molecule has 0 bridgehead atoms. The summed E-state index contributed by atoms with van der Waals surface area (Å²) in [6.07, 6.45) is 4.21. The molecule has 2 fully saturated rings. The normalized spacial score (nSPS) is 22.5. The first kappa shape index (κ1) is 22.1. The van der Waals surface area contributed by atoms with Gasteiger partial charge >= 0.3 is 0 Å². The molecule has 0 aromatic heterocycles. The third-order valence-corrected chi connectivity index (χ3v) is 7.80. The summed E-state index contributed by atoms with van der Waals surface area (Å²) in [6.45, 7) is 5.14. The molecule has 1 unspecified atom stereocenters. The Bertz CT molecular complexity index is 926. The molecule has 0 radical (unpaired) electrons. The second-order valence-corrected chi connectivity index (χ2v) is 10.9. The third-order valence-electron chi connectivity index (χ3n) is 4.72. The predicted molar refractivity (Wildman–Crippen MR) is 120 cm³/mol. The van der Waals surface area contributed by atoms with Gasteiger partial charge in [-0.25, -0.2) is 8.42 Å². The van der Waals surface area contributed by atoms with E-state index in [1.165, 1.54) is 16.7 Å². The van der Waals surface area contributed by atoms with E-state index in [0.29, 0.717) is 40.4 Å². The zero-order valence-electron chi connectivity index (χ0n) is 16.5. The molecular formula is C20H25NO5S3. The van der Waals surface area contributed by atoms with Gasteiger partial charge in [-0.1, -0.05) is 43.4 Å². The number of amides is 1. The van der Waals surface area contributed by atoms with Crippen LogP contribution in [0.2, 0.25) is 0 Å². The van der Waals surface area contributed by atoms with Gasteiger partial charge in [0.25, 0.3) is 5.91 Å². The van der Waals surface area contributed by atoms with Crippen molar-refractivity contribution >= 4 is 50.1 Å². The molecule has 0 aliphatic carbocycles. The standard InChI is InChI=1S/C20H25NO5S3/c1-3-5-9-26-16-7-6-14(11-17(16)25-4-2)12-18-19(22)21(20(27)28-18)15-8-10-29(23,24)13-15/h6-7,11-12,15H,3-5,8-10,13H2,1-2H3. The summed E-state index contributed by atoms with van der Waals surface area (Å²) in [4.78, 5) is 14.8. The number of hydrogen-bond donors (Lipinski definition) is 0. The van der Waals surface area contributed by atoms with Crippen LogP contribution in [-0.4, -0.2) is 54.3 Å². The second-order valence-electron chi connectivity index (χ2n) is 6.95. The summed E-state index contributed by atoms with van der Waals surface area (Å²) in [6, 6.07) is 5.19. The molecule has 2 heterocycles. The Morgan fingerprint density at radius 1 is 1.28 bits per heavy atom. The molecule has 158 valence electrons. The topological polar surface area (TPSA) is 72.9 Å². The number of benzene rings is 1. The monoisotopic (exact) mass is 455 g/mol. The third kappa shape index (κ3) is 5.32. The van der Waals surface area contributed by atoms with Crippen molar-refractivity contribution in [1.82, 2.24) is 4.90 Å². The number of carbonyl (C=O) groups is 1. The zero-order valence-corrected chi connectivity index (χ0v) is 19.0. The summed E-state index contributed by atoms with van der Waals surface area (Å²) in [7, 11) is -3.10. The van der Waals surface area contributed by atoms with Crippen LogP contribution >= 0.6 is 24.0 Å². The molecule has 1 aromatic rings. The first-order valence-electron chi connectivity index (χ1n) is 9.71. The van der Waals surface area contributed by atoms with E-state index in [-0.39, 0.29) is 23.5 Å². The molecule has 2 aliphatic rings. The molecule has 2 aliphatic heterocycles. The Balaban J connectivity index is 1.79. The highest BCUT2D eigenvalue weighted by atomic mass is 32.2. The molecule has 1 aromatic carbocycles. The maximum atomic E-state index is 12.9. The van der Waals surface area contributed by atoms with E-state index in [1.54, 1.807) is 6.08 Å². The largest absolute Gasteiger partial charge is 0.490 e. The first-order chi connectivity index (χ1) is 13.8. The lowest BCUT2D eigenvalue weighted by atomic mass is 10.1. The van der Waals surface area contributed by atoms with Crippen LogP contribution in [-0.2, 0) is 14.6 Å². The second kappa shape index (κ2) is 9.49. The van der Waals surface area contributed by atoms with E-state index in [2.05, 4.69) is 6.92 Å². The van der Waals surface area contributed by atoms with Crippen molar-refractivity contribution in [2.24, 2.45) is 0 Å². The van der Waals surface area contributed by atoms with Crippen LogP contribution in [0, 0.1) is 0 Å². The van der Waals surface area contributed by atoms with Crippen LogP contribution in [0.15, 0.2) is 23.1 Å². The highest BCUT2D eigenvalue weighted by Gasteiger charge is 2.42. The van der Waals surface area contributed by atoms with Crippen LogP contribution in [0.4, 0.5) is 0 Å². The minimum atomic E-state index is -3.10. The molecule has 0 saturated carbocycles. The highest BCUT2D eigenvalue weighted by Crippen LogP contribution is 2.37. The lowest BCUT2D eigenvalue weighted by Gasteiger charge is -2.20. The van der Waals surface area contributed by atoms with Crippen molar-refractivity contribution in [3.05, 3.63) is 28.7 Å². The number of nitrogens with zero attached hydrogens (tertiary/aromatic N) is 1. The Kier molecular flexibility index (Phi) is 7.23. The van der Waals surface area contributed by atoms with Gasteiger partial charge in [-0.05, 0) is 43.5 Å². The zero-order chi connectivity index (χ0) is 21.0. The van der Waals surface area contributed by atoms with Crippen molar-refractivity contribution in [3.8, 4) is 11.5 Å². The predicted octanol–water partition coefficient (Wildman–Crippen LogP) is 3.65. The quantitative estimate of drug-likeness (QED) is 0.336. The number of ether oxygens (including phenoxy) is 2. The fraction of sp³-hybridized carbons (Fsp3) is 0.500. The highest BCUT2D eigenvalue weighted by molar-refractivity contribution is 8.26. The van der Waals surface area contributed by atoms with E-state index in [4.69, 9.17) is 21.7 Å². The smallest absolute Gasteiger partial charge is 0.266 e. The molecule has 1 atom stereocenters. The van der Waals surface area contributed by atoms with Crippen molar-refractivity contribution in [2.45, 2.75) is 39.2 Å². The number of carbonyl (C=O) groups excluding carboxylic acids is 1. The minimum Gasteiger partial charge on any atom is -0.490 e. The summed E-state index contributed by atoms with van der Waals surface area (Å²) in [5, 5.41) is 0. The van der Waals surface area contributed by atoms with Gasteiger partial charge in [0.1, 0.15) is 4.32 Å². The van der Waals surface area contributed by atoms with Gasteiger partial charge in [-0.2, -0.15) is 0 Å². The van der Waals surface area contributed by atoms with Gasteiger partial charge < -0.3 is 9.47 Å². The molecule has 6 nitrogen and oxygen atoms in total. The molecule has 2 saturated heterocycles. The molecule has 29 heavy (non-hydrogen) atoms. The molecule has 3 rings (SSSR count). The maximum Gasteiger partial charge on any atom is 0.266 e. The summed E-state index contributed by atoms with van der Waals surface area (Å²) < 4.78 is 35.5. The van der Waals surface area contributed by atoms with Gasteiger partial charge in [0.05, 0.1) is 35.7 Å². The number of unbranched alkanes of at least 4 members (excludes halogenated alkanes) is 1. The lowest BCUT2D eigenvalue weighted by molar-refractivity contribution is -0.123. The first-order valence-corrected chi connectivity index (χ1v) is 12.8. The molecule has 0 N–H and O–H groups in total. The van der Waals surface area contributed by atoms with E-state index in [0.717, 1.165) is 18.4 Å². The number of sulfone groups is 1. The van der Waals surface area contributed by atoms with Crippen molar-refractivity contribution < 1.29 is 22.7 Å². The van der Waals surface area contributed by atoms with Gasteiger partial charge in [0.2, 0.25) is 0 Å². The van der Waals surface area contributed by atoms with Crippen LogP contribution in [0.1, 0.15) is 38.7 Å². The van der Waals surface area contributed by atoms with E-state index in [1.807, 2.05) is 25.1 Å². The number of thioether (sulfide) groups is 1. The van der Waals surface area contributed by atoms with Gasteiger partial charge in [0, 0.05) is 0 Å². The van der Waals surface area contributed by atoms with Crippen LogP contribution < -0.4 is 9.47 Å². The molecular weight excluding hydrogens is 430 g/mol. The van der Waals surface area contributed by atoms with Crippen molar-refractivity contribution in [1.29, 1.82) is 0 Å². The molecule has 0 spiro atoms. The Morgan fingerprint density at radius 3 is 2.72 bits per heavy atom. The van der Waals surface area contributed by atoms with Gasteiger partial charge in [-0.15, -0.1) is 0 Å². The van der Waals surface area contributed by atoms with Crippen LogP contribution in [0.3, 0.4) is 0 Å². The number of thiocarbonyl (C=S) groups is 1. The van der Waals surface area contributed by atoms with Crippen molar-refractivity contribution in [2.75, 3.05) is 24.7 Å². The Labute approximate surface area is 181 Å². The fourth-order valence-electron chi connectivity index (χ4n) is 3.25. The molecule has 9 heteroatoms. The summed E-state index contributed by atoms with van der Waals surface area (Å²) >= 11 is 6.56. The maximum absolute atomic E-state index is 12.9. The van der Waals surface area contributed by atoms with Gasteiger partial charge in [-0.3, -0.25) is 9.69 Å². The Morgan fingerprint density at radius 2 is 2.07 bits per heavy atom. The van der Waals surface area contributed by atoms with E-state index in [9.17, 15) is 13.2 Å². The van der Waals surface area contributed by atoms with Crippen LogP contribution in [0.25, 0.3) is 6.08 Å².